The number of carbonyl (C=O) groups excluding carboxylic acids is 1. The molecule has 0 saturated carbocycles. The molecule has 0 radical (unpaired) electrons. The Balaban J connectivity index is 1.82. The summed E-state index contributed by atoms with van der Waals surface area (Å²) in [7, 11) is 1.60. The molecule has 8 heteroatoms. The molecule has 0 atom stereocenters. The van der Waals surface area contributed by atoms with Crippen LogP contribution in [0.5, 0.6) is 5.75 Å². The minimum Gasteiger partial charge on any atom is -0.497 e. The van der Waals surface area contributed by atoms with Gasteiger partial charge in [-0.3, -0.25) is 14.9 Å². The van der Waals surface area contributed by atoms with Gasteiger partial charge in [-0.15, -0.1) is 0 Å². The van der Waals surface area contributed by atoms with Gasteiger partial charge < -0.3 is 14.8 Å². The van der Waals surface area contributed by atoms with Crippen LogP contribution < -0.4 is 10.1 Å². The van der Waals surface area contributed by atoms with Crippen molar-refractivity contribution in [2.75, 3.05) is 12.4 Å². The van der Waals surface area contributed by atoms with Gasteiger partial charge in [0.15, 0.2) is 5.13 Å². The fourth-order valence-corrected chi connectivity index (χ4v) is 3.76. The molecule has 0 fully saturated rings. The summed E-state index contributed by atoms with van der Waals surface area (Å²) in [4.78, 5) is 30.9. The van der Waals surface area contributed by atoms with Gasteiger partial charge in [0.05, 0.1) is 17.3 Å². The van der Waals surface area contributed by atoms with E-state index in [9.17, 15) is 9.59 Å². The standard InChI is InChI=1S/C18H19N3O4S/c1-9-12(5-7-15(22)23)10(2)19-16(9)17(24)21-18-20-13-6-4-11(25-3)8-14(13)26-18/h4,6,8,19H,5,7H2,1-3H3,(H,22,23)(H,20,21,24). The maximum absolute atomic E-state index is 12.6. The molecule has 26 heavy (non-hydrogen) atoms. The summed E-state index contributed by atoms with van der Waals surface area (Å²) >= 11 is 1.37. The van der Waals surface area contributed by atoms with Crippen LogP contribution in [-0.4, -0.2) is 34.1 Å². The lowest BCUT2D eigenvalue weighted by Gasteiger charge is -2.02. The molecule has 0 bridgehead atoms. The van der Waals surface area contributed by atoms with Crippen LogP contribution in [0.25, 0.3) is 10.2 Å². The van der Waals surface area contributed by atoms with Crippen molar-refractivity contribution in [1.29, 1.82) is 0 Å². The Labute approximate surface area is 154 Å². The highest BCUT2D eigenvalue weighted by Gasteiger charge is 2.19. The van der Waals surface area contributed by atoms with Crippen molar-refractivity contribution in [3.05, 3.63) is 40.7 Å². The van der Waals surface area contributed by atoms with E-state index in [-0.39, 0.29) is 12.3 Å². The maximum Gasteiger partial charge on any atom is 0.303 e. The Morgan fingerprint density at radius 2 is 2.12 bits per heavy atom. The van der Waals surface area contributed by atoms with Crippen molar-refractivity contribution >= 4 is 38.6 Å². The van der Waals surface area contributed by atoms with Crippen molar-refractivity contribution in [3.8, 4) is 5.75 Å². The molecule has 2 aromatic heterocycles. The molecule has 3 aromatic rings. The lowest BCUT2D eigenvalue weighted by molar-refractivity contribution is -0.136. The second kappa shape index (κ2) is 7.17. The van der Waals surface area contributed by atoms with Crippen LogP contribution in [0.2, 0.25) is 0 Å². The van der Waals surface area contributed by atoms with Crippen LogP contribution >= 0.6 is 11.3 Å². The first-order chi connectivity index (χ1) is 12.4. The molecule has 0 aliphatic heterocycles. The number of amides is 1. The number of carboxylic acids is 1. The second-order valence-corrected chi connectivity index (χ2v) is 6.96. The lowest BCUT2D eigenvalue weighted by Crippen LogP contribution is -2.13. The highest BCUT2D eigenvalue weighted by atomic mass is 32.1. The lowest BCUT2D eigenvalue weighted by atomic mass is 10.0. The molecule has 0 saturated heterocycles. The van der Waals surface area contributed by atoms with Crippen LogP contribution in [0.15, 0.2) is 18.2 Å². The van der Waals surface area contributed by atoms with E-state index >= 15 is 0 Å². The van der Waals surface area contributed by atoms with Gasteiger partial charge in [0.25, 0.3) is 5.91 Å². The number of hydrogen-bond donors (Lipinski definition) is 3. The number of carboxylic acid groups (broad SMARTS) is 1. The monoisotopic (exact) mass is 373 g/mol. The zero-order chi connectivity index (χ0) is 18.8. The molecule has 2 heterocycles. The number of benzene rings is 1. The molecule has 136 valence electrons. The summed E-state index contributed by atoms with van der Waals surface area (Å²) in [5.41, 5.74) is 3.66. The first-order valence-corrected chi connectivity index (χ1v) is 8.86. The molecule has 0 aliphatic rings. The van der Waals surface area contributed by atoms with Crippen LogP contribution in [0, 0.1) is 13.8 Å². The minimum atomic E-state index is -0.860. The molecule has 1 aromatic carbocycles. The van der Waals surface area contributed by atoms with Gasteiger partial charge >= 0.3 is 5.97 Å². The summed E-state index contributed by atoms with van der Waals surface area (Å²) in [5, 5.41) is 12.2. The van der Waals surface area contributed by atoms with Crippen molar-refractivity contribution in [2.24, 2.45) is 0 Å². The highest BCUT2D eigenvalue weighted by molar-refractivity contribution is 7.22. The second-order valence-electron chi connectivity index (χ2n) is 5.93. The van der Waals surface area contributed by atoms with Gasteiger partial charge in [0.1, 0.15) is 11.4 Å². The summed E-state index contributed by atoms with van der Waals surface area (Å²) in [6.07, 6.45) is 0.415. The first-order valence-electron chi connectivity index (χ1n) is 8.04. The van der Waals surface area contributed by atoms with Crippen LogP contribution in [0.4, 0.5) is 5.13 Å². The number of hydrogen-bond acceptors (Lipinski definition) is 5. The quantitative estimate of drug-likeness (QED) is 0.613. The van der Waals surface area contributed by atoms with Crippen molar-refractivity contribution in [2.45, 2.75) is 26.7 Å². The number of ether oxygens (including phenoxy) is 1. The van der Waals surface area contributed by atoms with E-state index in [4.69, 9.17) is 9.84 Å². The van der Waals surface area contributed by atoms with E-state index in [1.807, 2.05) is 32.0 Å². The number of carbonyl (C=O) groups is 2. The number of aryl methyl sites for hydroxylation is 1. The predicted octanol–water partition coefficient (Wildman–Crippen LogP) is 3.52. The number of nitrogens with one attached hydrogen (secondary N) is 2. The number of thiazole rings is 1. The zero-order valence-corrected chi connectivity index (χ0v) is 15.5. The topological polar surface area (TPSA) is 104 Å². The van der Waals surface area contributed by atoms with Gasteiger partial charge in [-0.05, 0) is 49.6 Å². The molecule has 3 rings (SSSR count). The predicted molar refractivity (Wildman–Crippen MR) is 100 cm³/mol. The summed E-state index contributed by atoms with van der Waals surface area (Å²) in [6.45, 7) is 3.66. The number of anilines is 1. The zero-order valence-electron chi connectivity index (χ0n) is 14.7. The van der Waals surface area contributed by atoms with Gasteiger partial charge in [0.2, 0.25) is 0 Å². The molecule has 0 unspecified atom stereocenters. The highest BCUT2D eigenvalue weighted by Crippen LogP contribution is 2.30. The molecule has 3 N–H and O–H groups in total. The molecule has 0 spiro atoms. The molecule has 1 amide bonds. The SMILES string of the molecule is COc1ccc2nc(NC(=O)c3[nH]c(C)c(CCC(=O)O)c3C)sc2c1. The smallest absolute Gasteiger partial charge is 0.303 e. The fourth-order valence-electron chi connectivity index (χ4n) is 2.87. The number of aromatic nitrogens is 2. The van der Waals surface area contributed by atoms with E-state index < -0.39 is 5.97 Å². The number of H-pyrrole nitrogens is 1. The minimum absolute atomic E-state index is 0.0281. The third-order valence-corrected chi connectivity index (χ3v) is 5.16. The van der Waals surface area contributed by atoms with E-state index in [0.717, 1.165) is 32.8 Å². The number of methoxy groups -OCH3 is 1. The van der Waals surface area contributed by atoms with E-state index in [0.29, 0.717) is 17.2 Å². The van der Waals surface area contributed by atoms with Gasteiger partial charge in [-0.1, -0.05) is 11.3 Å². The fraction of sp³-hybridized carbons (Fsp3) is 0.278. The Hall–Kier alpha value is -2.87. The number of aliphatic carboxylic acids is 1. The summed E-state index contributed by atoms with van der Waals surface area (Å²) in [5.74, 6) is -0.419. The Kier molecular flexibility index (Phi) is 4.94. The molecular weight excluding hydrogens is 354 g/mol. The van der Waals surface area contributed by atoms with Gasteiger partial charge in [0, 0.05) is 12.1 Å². The van der Waals surface area contributed by atoms with Crippen LogP contribution in [-0.2, 0) is 11.2 Å². The van der Waals surface area contributed by atoms with Crippen molar-refractivity contribution in [1.82, 2.24) is 9.97 Å². The number of aromatic amines is 1. The Morgan fingerprint density at radius 3 is 2.81 bits per heavy atom. The summed E-state index contributed by atoms with van der Waals surface area (Å²) in [6, 6.07) is 5.53. The molecule has 0 aliphatic carbocycles. The van der Waals surface area contributed by atoms with Gasteiger partial charge in [-0.2, -0.15) is 0 Å². The van der Waals surface area contributed by atoms with E-state index in [1.54, 1.807) is 7.11 Å². The largest absolute Gasteiger partial charge is 0.497 e. The van der Waals surface area contributed by atoms with Crippen LogP contribution in [0.1, 0.15) is 33.7 Å². The Bertz CT molecular complexity index is 990. The normalized spacial score (nSPS) is 10.9. The van der Waals surface area contributed by atoms with Crippen LogP contribution in [0.3, 0.4) is 0 Å². The Morgan fingerprint density at radius 1 is 1.35 bits per heavy atom. The number of nitrogens with zero attached hydrogens (tertiary/aromatic N) is 1. The average Bonchev–Trinajstić information content (AvgIpc) is 3.12. The third-order valence-electron chi connectivity index (χ3n) is 4.22. The van der Waals surface area contributed by atoms with Crippen molar-refractivity contribution in [3.63, 3.8) is 0 Å². The average molecular weight is 373 g/mol. The summed E-state index contributed by atoms with van der Waals surface area (Å²) < 4.78 is 6.12. The molecular formula is C18H19N3O4S. The number of fused-ring (bicyclic) bond motifs is 1. The maximum atomic E-state index is 12.6. The third kappa shape index (κ3) is 3.55. The van der Waals surface area contributed by atoms with E-state index in [2.05, 4.69) is 15.3 Å². The first kappa shape index (κ1) is 17.9. The van der Waals surface area contributed by atoms with Crippen molar-refractivity contribution < 1.29 is 19.4 Å². The number of rotatable bonds is 6. The van der Waals surface area contributed by atoms with Gasteiger partial charge in [-0.25, -0.2) is 4.98 Å². The molecule has 7 nitrogen and oxygen atoms in total. The van der Waals surface area contributed by atoms with E-state index in [1.165, 1.54) is 11.3 Å².